The quantitative estimate of drug-likeness (QED) is 0.809. The predicted octanol–water partition coefficient (Wildman–Crippen LogP) is 1.93. The Hall–Kier alpha value is -1.65. The standard InChI is InChI=1S/C13H22N4O/c1-9(2)5-14-12(18)11-7-16-13(17-8-11)15-6-10(3)4/h7-10H,5-6H2,1-4H3,(H,14,18)(H,15,16,17). The lowest BCUT2D eigenvalue weighted by Crippen LogP contribution is -2.27. The van der Waals surface area contributed by atoms with Crippen LogP contribution in [0.3, 0.4) is 0 Å². The zero-order valence-corrected chi connectivity index (χ0v) is 11.5. The number of rotatable bonds is 6. The smallest absolute Gasteiger partial charge is 0.254 e. The van der Waals surface area contributed by atoms with E-state index in [4.69, 9.17) is 0 Å². The van der Waals surface area contributed by atoms with Crippen molar-refractivity contribution in [3.63, 3.8) is 0 Å². The predicted molar refractivity (Wildman–Crippen MR) is 72.5 cm³/mol. The molecule has 0 aliphatic rings. The monoisotopic (exact) mass is 250 g/mol. The molecule has 1 aromatic rings. The number of nitrogens with zero attached hydrogens (tertiary/aromatic N) is 2. The molecule has 0 aromatic carbocycles. The van der Waals surface area contributed by atoms with Crippen LogP contribution in [0.25, 0.3) is 0 Å². The maximum Gasteiger partial charge on any atom is 0.254 e. The summed E-state index contributed by atoms with van der Waals surface area (Å²) in [5, 5.41) is 5.94. The molecule has 5 nitrogen and oxygen atoms in total. The molecule has 1 aromatic heterocycles. The average Bonchev–Trinajstić information content (AvgIpc) is 2.34. The first-order valence-corrected chi connectivity index (χ1v) is 6.33. The van der Waals surface area contributed by atoms with Crippen molar-refractivity contribution in [2.75, 3.05) is 18.4 Å². The molecular weight excluding hydrogens is 228 g/mol. The maximum atomic E-state index is 11.7. The Morgan fingerprint density at radius 2 is 1.67 bits per heavy atom. The normalized spacial score (nSPS) is 10.8. The Kier molecular flexibility index (Phi) is 5.55. The highest BCUT2D eigenvalue weighted by Crippen LogP contribution is 2.02. The molecule has 0 aliphatic carbocycles. The largest absolute Gasteiger partial charge is 0.354 e. The van der Waals surface area contributed by atoms with Crippen LogP contribution in [0, 0.1) is 11.8 Å². The van der Waals surface area contributed by atoms with Gasteiger partial charge in [-0.15, -0.1) is 0 Å². The number of aromatic nitrogens is 2. The third kappa shape index (κ3) is 5.12. The molecule has 0 unspecified atom stereocenters. The molecule has 0 atom stereocenters. The fourth-order valence-electron chi connectivity index (χ4n) is 1.23. The van der Waals surface area contributed by atoms with Crippen LogP contribution in [0.4, 0.5) is 5.95 Å². The minimum atomic E-state index is -0.126. The van der Waals surface area contributed by atoms with Crippen LogP contribution in [-0.4, -0.2) is 29.0 Å². The summed E-state index contributed by atoms with van der Waals surface area (Å²) in [6, 6.07) is 0. The van der Waals surface area contributed by atoms with E-state index in [-0.39, 0.29) is 5.91 Å². The molecule has 2 N–H and O–H groups in total. The van der Waals surface area contributed by atoms with Gasteiger partial charge in [-0.05, 0) is 11.8 Å². The number of amides is 1. The molecule has 0 spiro atoms. The second kappa shape index (κ2) is 6.93. The zero-order chi connectivity index (χ0) is 13.5. The SMILES string of the molecule is CC(C)CNC(=O)c1cnc(NCC(C)C)nc1. The average molecular weight is 250 g/mol. The van der Waals surface area contributed by atoms with Gasteiger partial charge < -0.3 is 10.6 Å². The first-order valence-electron chi connectivity index (χ1n) is 6.33. The number of carbonyl (C=O) groups excluding carboxylic acids is 1. The summed E-state index contributed by atoms with van der Waals surface area (Å²) in [6.45, 7) is 9.80. The van der Waals surface area contributed by atoms with Gasteiger partial charge in [0.05, 0.1) is 5.56 Å². The van der Waals surface area contributed by atoms with Crippen molar-refractivity contribution in [2.45, 2.75) is 27.7 Å². The van der Waals surface area contributed by atoms with E-state index in [1.165, 1.54) is 0 Å². The van der Waals surface area contributed by atoms with E-state index in [9.17, 15) is 4.79 Å². The molecule has 0 fully saturated rings. The van der Waals surface area contributed by atoms with Gasteiger partial charge in [-0.25, -0.2) is 9.97 Å². The van der Waals surface area contributed by atoms with Gasteiger partial charge in [0.25, 0.3) is 5.91 Å². The Balaban J connectivity index is 2.51. The molecule has 0 radical (unpaired) electrons. The Bertz CT molecular complexity index is 373. The molecule has 0 bridgehead atoms. The minimum Gasteiger partial charge on any atom is -0.354 e. The lowest BCUT2D eigenvalue weighted by atomic mass is 10.2. The van der Waals surface area contributed by atoms with Gasteiger partial charge in [0.1, 0.15) is 0 Å². The van der Waals surface area contributed by atoms with Gasteiger partial charge in [-0.2, -0.15) is 0 Å². The van der Waals surface area contributed by atoms with Gasteiger partial charge in [0.2, 0.25) is 5.95 Å². The summed E-state index contributed by atoms with van der Waals surface area (Å²) < 4.78 is 0. The van der Waals surface area contributed by atoms with Crippen molar-refractivity contribution < 1.29 is 4.79 Å². The van der Waals surface area contributed by atoms with E-state index in [0.29, 0.717) is 29.9 Å². The van der Waals surface area contributed by atoms with Crippen LogP contribution in [-0.2, 0) is 0 Å². The lowest BCUT2D eigenvalue weighted by Gasteiger charge is -2.09. The highest BCUT2D eigenvalue weighted by atomic mass is 16.1. The van der Waals surface area contributed by atoms with Gasteiger partial charge in [-0.3, -0.25) is 4.79 Å². The molecule has 0 saturated heterocycles. The van der Waals surface area contributed by atoms with Crippen molar-refractivity contribution in [1.29, 1.82) is 0 Å². The first kappa shape index (κ1) is 14.4. The van der Waals surface area contributed by atoms with Crippen LogP contribution in [0.1, 0.15) is 38.1 Å². The third-order valence-corrected chi connectivity index (χ3v) is 2.25. The molecule has 1 heterocycles. The fraction of sp³-hybridized carbons (Fsp3) is 0.615. The van der Waals surface area contributed by atoms with Gasteiger partial charge in [0.15, 0.2) is 0 Å². The second-order valence-electron chi connectivity index (χ2n) is 5.17. The van der Waals surface area contributed by atoms with Crippen molar-refractivity contribution in [3.05, 3.63) is 18.0 Å². The van der Waals surface area contributed by atoms with E-state index in [1.807, 2.05) is 0 Å². The van der Waals surface area contributed by atoms with E-state index < -0.39 is 0 Å². The van der Waals surface area contributed by atoms with Crippen LogP contribution in [0.5, 0.6) is 0 Å². The molecule has 1 amide bonds. The van der Waals surface area contributed by atoms with Gasteiger partial charge in [-0.1, -0.05) is 27.7 Å². The number of carbonyl (C=O) groups is 1. The maximum absolute atomic E-state index is 11.7. The van der Waals surface area contributed by atoms with Crippen molar-refractivity contribution >= 4 is 11.9 Å². The zero-order valence-electron chi connectivity index (χ0n) is 11.5. The molecule has 18 heavy (non-hydrogen) atoms. The summed E-state index contributed by atoms with van der Waals surface area (Å²) in [5.74, 6) is 1.40. The van der Waals surface area contributed by atoms with E-state index in [2.05, 4.69) is 48.3 Å². The molecule has 5 heteroatoms. The number of nitrogens with one attached hydrogen (secondary N) is 2. The molecular formula is C13H22N4O. The Morgan fingerprint density at radius 3 is 2.17 bits per heavy atom. The summed E-state index contributed by atoms with van der Waals surface area (Å²) in [6.07, 6.45) is 3.09. The fourth-order valence-corrected chi connectivity index (χ4v) is 1.23. The molecule has 100 valence electrons. The van der Waals surface area contributed by atoms with Crippen LogP contribution < -0.4 is 10.6 Å². The summed E-state index contributed by atoms with van der Waals surface area (Å²) >= 11 is 0. The third-order valence-electron chi connectivity index (χ3n) is 2.25. The Labute approximate surface area is 108 Å². The van der Waals surface area contributed by atoms with Crippen molar-refractivity contribution in [3.8, 4) is 0 Å². The van der Waals surface area contributed by atoms with Crippen LogP contribution in [0.2, 0.25) is 0 Å². The van der Waals surface area contributed by atoms with Crippen molar-refractivity contribution in [1.82, 2.24) is 15.3 Å². The van der Waals surface area contributed by atoms with Crippen LogP contribution >= 0.6 is 0 Å². The summed E-state index contributed by atoms with van der Waals surface area (Å²) in [4.78, 5) is 19.9. The molecule has 0 aliphatic heterocycles. The highest BCUT2D eigenvalue weighted by molar-refractivity contribution is 5.93. The topological polar surface area (TPSA) is 66.9 Å². The molecule has 1 rings (SSSR count). The number of hydrogen-bond acceptors (Lipinski definition) is 4. The lowest BCUT2D eigenvalue weighted by molar-refractivity contribution is 0.0948. The van der Waals surface area contributed by atoms with E-state index in [0.717, 1.165) is 6.54 Å². The molecule has 0 saturated carbocycles. The second-order valence-corrected chi connectivity index (χ2v) is 5.17. The van der Waals surface area contributed by atoms with Gasteiger partial charge in [0, 0.05) is 25.5 Å². The summed E-state index contributed by atoms with van der Waals surface area (Å²) in [5.41, 5.74) is 0.491. The van der Waals surface area contributed by atoms with Crippen molar-refractivity contribution in [2.24, 2.45) is 11.8 Å². The summed E-state index contributed by atoms with van der Waals surface area (Å²) in [7, 11) is 0. The first-order chi connectivity index (χ1) is 8.49. The van der Waals surface area contributed by atoms with Gasteiger partial charge >= 0.3 is 0 Å². The van der Waals surface area contributed by atoms with E-state index >= 15 is 0 Å². The van der Waals surface area contributed by atoms with E-state index in [1.54, 1.807) is 12.4 Å². The van der Waals surface area contributed by atoms with Crippen LogP contribution in [0.15, 0.2) is 12.4 Å². The Morgan fingerprint density at radius 1 is 1.11 bits per heavy atom. The number of anilines is 1. The minimum absolute atomic E-state index is 0.126. The highest BCUT2D eigenvalue weighted by Gasteiger charge is 2.07. The number of hydrogen-bond donors (Lipinski definition) is 2.